The van der Waals surface area contributed by atoms with Crippen molar-refractivity contribution in [3.05, 3.63) is 200 Å². The summed E-state index contributed by atoms with van der Waals surface area (Å²) in [4.78, 5) is 89.9. The number of aromatic nitrogens is 1. The summed E-state index contributed by atoms with van der Waals surface area (Å²) in [7, 11) is 10.9. The number of anilines is 6. The summed E-state index contributed by atoms with van der Waals surface area (Å²) in [5.74, 6) is -0.760. The summed E-state index contributed by atoms with van der Waals surface area (Å²) in [6, 6.07) is 26.8. The van der Waals surface area contributed by atoms with E-state index in [4.69, 9.17) is 132 Å². The molecular formula is C70H76Cl9I4N7O16Si2. The van der Waals surface area contributed by atoms with E-state index in [0.29, 0.717) is 96.2 Å². The first-order valence-corrected chi connectivity index (χ1v) is 45.4. The van der Waals surface area contributed by atoms with Crippen molar-refractivity contribution in [2.75, 3.05) is 84.2 Å². The number of carbonyl (C=O) groups excluding carboxylic acids is 7. The van der Waals surface area contributed by atoms with Gasteiger partial charge in [-0.15, -0.1) is 17.5 Å². The fraction of sp³-hybridized carbons (Fsp3) is 0.200. The molecule has 0 amide bonds. The quantitative estimate of drug-likeness (QED) is 0.0136. The van der Waals surface area contributed by atoms with Crippen LogP contribution in [-0.2, 0) is 33.2 Å². The van der Waals surface area contributed by atoms with Crippen LogP contribution in [0.2, 0.25) is 74.4 Å². The van der Waals surface area contributed by atoms with Gasteiger partial charge in [-0.3, -0.25) is 4.79 Å². The highest BCUT2D eigenvalue weighted by atomic mass is 127. The fourth-order valence-corrected chi connectivity index (χ4v) is 10.2. The minimum atomic E-state index is -1.50. The number of aromatic carboxylic acids is 1. The number of benzene rings is 7. The largest absolute Gasteiger partial charge is 0.478 e. The maximum Gasteiger partial charge on any atom is 0.339 e. The number of rotatable bonds is 7. The molecule has 15 N–H and O–H groups in total. The van der Waals surface area contributed by atoms with E-state index in [9.17, 15) is 38.4 Å². The van der Waals surface area contributed by atoms with E-state index in [2.05, 4.69) is 110 Å². The van der Waals surface area contributed by atoms with Gasteiger partial charge in [0.15, 0.2) is 0 Å². The Morgan fingerprint density at radius 3 is 1.11 bits per heavy atom. The molecule has 0 saturated heterocycles. The van der Waals surface area contributed by atoms with Crippen LogP contribution in [0.1, 0.15) is 85.0 Å². The number of aliphatic hydroxyl groups is 1. The Morgan fingerprint density at radius 1 is 0.444 bits per heavy atom. The molecule has 0 fully saturated rings. The summed E-state index contributed by atoms with van der Waals surface area (Å²) in [5, 5.41) is 18.2. The lowest BCUT2D eigenvalue weighted by Gasteiger charge is -2.07. The molecule has 0 aliphatic carbocycles. The van der Waals surface area contributed by atoms with Gasteiger partial charge >= 0.3 is 41.8 Å². The molecule has 23 nitrogen and oxygen atoms in total. The molecule has 0 aliphatic rings. The number of nitrogen functional groups attached to an aromatic ring is 6. The normalized spacial score (nSPS) is 9.58. The molecule has 0 spiro atoms. The van der Waals surface area contributed by atoms with E-state index < -0.39 is 57.9 Å². The minimum Gasteiger partial charge on any atom is -0.478 e. The van der Waals surface area contributed by atoms with Gasteiger partial charge in [0.1, 0.15) is 16.1 Å². The molecule has 0 radical (unpaired) electrons. The van der Waals surface area contributed by atoms with Gasteiger partial charge in [0.25, 0.3) is 0 Å². The van der Waals surface area contributed by atoms with Crippen molar-refractivity contribution in [3.63, 3.8) is 0 Å². The number of hydrogen-bond acceptors (Lipinski definition) is 21. The van der Waals surface area contributed by atoms with Crippen molar-refractivity contribution in [3.8, 4) is 23.4 Å². The predicted molar refractivity (Wildman–Crippen MR) is 479 cm³/mol. The number of nitrogens with two attached hydrogens (primary N) is 6. The van der Waals surface area contributed by atoms with Gasteiger partial charge in [-0.1, -0.05) is 126 Å². The summed E-state index contributed by atoms with van der Waals surface area (Å²) in [6.45, 7) is 14.1. The molecule has 1 heterocycles. The van der Waals surface area contributed by atoms with Crippen LogP contribution in [-0.4, -0.2) is 128 Å². The number of aromatic amines is 1. The van der Waals surface area contributed by atoms with Crippen molar-refractivity contribution in [1.82, 2.24) is 4.98 Å². The van der Waals surface area contributed by atoms with Gasteiger partial charge in [-0.2, -0.15) is 0 Å². The van der Waals surface area contributed by atoms with Crippen LogP contribution in [0.25, 0.3) is 10.9 Å². The third-order valence-electron chi connectivity index (χ3n) is 11.7. The van der Waals surface area contributed by atoms with E-state index in [1.54, 1.807) is 76.2 Å². The highest BCUT2D eigenvalue weighted by Gasteiger charge is 2.19. The van der Waals surface area contributed by atoms with Gasteiger partial charge in [-0.05, 0) is 191 Å². The number of terminal acetylenes is 1. The number of methoxy groups -OCH3 is 6. The van der Waals surface area contributed by atoms with Crippen LogP contribution in [0.3, 0.4) is 0 Å². The Hall–Kier alpha value is -6.12. The van der Waals surface area contributed by atoms with Crippen LogP contribution in [0.4, 0.5) is 34.1 Å². The molecule has 0 saturated carbocycles. The Balaban J connectivity index is -0.00000116. The number of halogens is 13. The second-order valence-electron chi connectivity index (χ2n) is 22.0. The third-order valence-corrected chi connectivity index (χ3v) is 19.1. The first kappa shape index (κ1) is 106. The van der Waals surface area contributed by atoms with Gasteiger partial charge in [0, 0.05) is 99.4 Å². The molecule has 0 bridgehead atoms. The van der Waals surface area contributed by atoms with E-state index in [-0.39, 0.29) is 26.4 Å². The number of hydrogen-bond donors (Lipinski definition) is 9. The average Bonchev–Trinajstić information content (AvgIpc) is 1.53. The number of H-pyrrole nitrogens is 1. The zero-order valence-corrected chi connectivity index (χ0v) is 77.4. The summed E-state index contributed by atoms with van der Waals surface area (Å²) >= 11 is 52.9. The number of ether oxygens (including phenoxy) is 6. The predicted octanol–water partition coefficient (Wildman–Crippen LogP) is 19.3. The Labute approximate surface area is 726 Å². The zero-order chi connectivity index (χ0) is 84.4. The molecule has 8 aromatic rings. The Morgan fingerprint density at radius 2 is 0.759 bits per heavy atom. The molecule has 1 aromatic heterocycles. The first-order valence-electron chi connectivity index (χ1n) is 29.4. The monoisotopic (exact) mass is 2150 g/mol. The van der Waals surface area contributed by atoms with Crippen LogP contribution in [0, 0.1) is 34.1 Å². The van der Waals surface area contributed by atoms with E-state index in [1.165, 1.54) is 98.1 Å². The average molecular weight is 2150 g/mol. The molecule has 8 rings (SSSR count). The van der Waals surface area contributed by atoms with E-state index >= 15 is 0 Å². The van der Waals surface area contributed by atoms with Crippen molar-refractivity contribution >= 4 is 299 Å². The second kappa shape index (κ2) is 54.5. The first-order chi connectivity index (χ1) is 50.2. The van der Waals surface area contributed by atoms with Crippen molar-refractivity contribution < 1.29 is 77.0 Å². The van der Waals surface area contributed by atoms with Crippen LogP contribution in [0.15, 0.2) is 109 Å². The summed E-state index contributed by atoms with van der Waals surface area (Å²) in [5.41, 5.74) is 46.0. The lowest BCUT2D eigenvalue weighted by Crippen LogP contribution is -2.16. The molecule has 38 heteroatoms. The minimum absolute atomic E-state index is 0.0702. The lowest BCUT2D eigenvalue weighted by molar-refractivity contribution is -0.109. The molecule has 0 aliphatic heterocycles. The number of carboxylic acid groups (broad SMARTS) is 1. The highest BCUT2D eigenvalue weighted by molar-refractivity contribution is 14.1. The molecule has 0 unspecified atom stereocenters. The topological polar surface area (TPSA) is 404 Å². The van der Waals surface area contributed by atoms with Gasteiger partial charge in [0.05, 0.1) is 120 Å². The summed E-state index contributed by atoms with van der Waals surface area (Å²) in [6.07, 6.45) is 6.91. The maximum atomic E-state index is 11.5. The number of carbonyl (C=O) groups is 8. The van der Waals surface area contributed by atoms with Gasteiger partial charge in [0.2, 0.25) is 5.24 Å². The lowest BCUT2D eigenvalue weighted by atomic mass is 10.1. The van der Waals surface area contributed by atoms with Crippen molar-refractivity contribution in [1.29, 1.82) is 0 Å². The van der Waals surface area contributed by atoms with Crippen molar-refractivity contribution in [2.45, 2.75) is 46.2 Å². The molecule has 7 aromatic carbocycles. The fourth-order valence-electron chi connectivity index (χ4n) is 6.56. The SMILES string of the molecule is C#C[Si](C)(C)C.CC(=O)Cl.CO.COC(=O)c1cc(C#C[Si](C)(C)C)c(N)cc1Cl.COC(=O)c1cc(I)c(N)cc1Cl.COC(=O)c1cc(I)c(N)cc1Cl.COC(=O)c1cc2cc[nH]c2cc1Cl.COC(=O)c1ccc(N)c(I)c1Cl.COC(=O)c1ccc(N)cc1Cl.ClI.Nc1ccc(C(=O)O)c(Cl)c1. The smallest absolute Gasteiger partial charge is 0.339 e. The van der Waals surface area contributed by atoms with E-state index in [1.807, 2.05) is 73.8 Å². The molecule has 586 valence electrons. The second-order valence-corrected chi connectivity index (χ2v) is 38.2. The molecule has 0 atom stereocenters. The zero-order valence-electron chi connectivity index (χ0n) is 60.0. The third kappa shape index (κ3) is 40.2. The molecule has 108 heavy (non-hydrogen) atoms. The molecular weight excluding hydrogens is 2080 g/mol. The van der Waals surface area contributed by atoms with Crippen LogP contribution in [0.5, 0.6) is 0 Å². The standard InChI is InChI=1S/C13H16ClNO2Si.C10H8ClNO2.3C8H7ClINO2.C8H8ClNO2.C7H6ClNO2.C5H10Si.C2H3ClO.CH4O.ClI/c1-17-13(16)10-7-9(5-6-18(2,3)4)12(15)8-11(10)14;1-14-10(13)7-4-6-2-3-12-9(6)5-8(7)11;2*1-13-8(12)4-2-6(10)7(11)3-5(4)9;1-13-8(12)4-2-3-5(11)7(10)6(4)9;1-12-8(11)6-3-2-5(10)4-7(6)9;8-6-3-4(9)1-2-5(6)7(10)11;1-5-6(2,3)4;1-2(3)4;2*1-2/h7-8H,15H2,1-4H3;2-5,12H,1H3;3*2-3H,11H2,1H3;2-4H,10H2,1H3;1-3H,9H2,(H,10,11);1H,2-4H3;1H3;2H,1H3;. The Kier molecular flexibility index (Phi) is 53.5. The number of carboxylic acids is 1. The highest BCUT2D eigenvalue weighted by Crippen LogP contribution is 2.31. The maximum absolute atomic E-state index is 11.5. The van der Waals surface area contributed by atoms with Gasteiger partial charge in [-0.25, -0.2) is 33.6 Å². The summed E-state index contributed by atoms with van der Waals surface area (Å²) < 4.78 is 29.6. The number of esters is 6. The number of aliphatic hydroxyl groups excluding tert-OH is 1. The van der Waals surface area contributed by atoms with Crippen LogP contribution >= 0.6 is 191 Å². The number of fused-ring (bicyclic) bond motifs is 1. The van der Waals surface area contributed by atoms with Crippen molar-refractivity contribution in [2.24, 2.45) is 0 Å². The Bertz CT molecular complexity index is 4430. The van der Waals surface area contributed by atoms with Crippen LogP contribution < -0.4 is 34.4 Å². The van der Waals surface area contributed by atoms with E-state index in [0.717, 1.165) is 25.2 Å². The van der Waals surface area contributed by atoms with Gasteiger partial charge < -0.3 is 78.0 Å². The number of nitrogens with one attached hydrogen (secondary N) is 1.